The van der Waals surface area contributed by atoms with Crippen molar-refractivity contribution in [1.82, 2.24) is 4.90 Å². The van der Waals surface area contributed by atoms with Crippen LogP contribution in [0.3, 0.4) is 0 Å². The number of ether oxygens (including phenoxy) is 1. The van der Waals surface area contributed by atoms with Crippen molar-refractivity contribution in [3.8, 4) is 0 Å². The number of anilines is 2. The second kappa shape index (κ2) is 8.54. The second-order valence-electron chi connectivity index (χ2n) is 7.24. The van der Waals surface area contributed by atoms with E-state index in [-0.39, 0.29) is 11.8 Å². The topological polar surface area (TPSA) is 61.9 Å². The molecule has 6 nitrogen and oxygen atoms in total. The third-order valence-corrected chi connectivity index (χ3v) is 5.21. The van der Waals surface area contributed by atoms with E-state index in [0.29, 0.717) is 12.0 Å². The van der Waals surface area contributed by atoms with Crippen LogP contribution in [0.25, 0.3) is 0 Å². The summed E-state index contributed by atoms with van der Waals surface area (Å²) >= 11 is 0. The SMILES string of the molecule is O=C(Nc1ccc(N2CCCC2=O)cc1)c1cccc(CN2CCOCC2)c1. The third kappa shape index (κ3) is 4.40. The first-order valence-corrected chi connectivity index (χ1v) is 9.80. The minimum atomic E-state index is -0.131. The number of amides is 2. The number of nitrogens with one attached hydrogen (secondary N) is 1. The zero-order valence-electron chi connectivity index (χ0n) is 15.9. The van der Waals surface area contributed by atoms with Crippen LogP contribution in [-0.2, 0) is 16.1 Å². The minimum absolute atomic E-state index is 0.131. The van der Waals surface area contributed by atoms with Crippen LogP contribution >= 0.6 is 0 Å². The van der Waals surface area contributed by atoms with Gasteiger partial charge in [0, 0.05) is 49.5 Å². The smallest absolute Gasteiger partial charge is 0.255 e. The average Bonchev–Trinajstić information content (AvgIpc) is 3.15. The van der Waals surface area contributed by atoms with Crippen molar-refractivity contribution in [3.63, 3.8) is 0 Å². The first-order chi connectivity index (χ1) is 13.7. The molecule has 4 rings (SSSR count). The van der Waals surface area contributed by atoms with Crippen molar-refractivity contribution in [2.24, 2.45) is 0 Å². The Labute approximate surface area is 165 Å². The molecule has 6 heteroatoms. The van der Waals surface area contributed by atoms with Gasteiger partial charge >= 0.3 is 0 Å². The van der Waals surface area contributed by atoms with Gasteiger partial charge in [0.05, 0.1) is 13.2 Å². The summed E-state index contributed by atoms with van der Waals surface area (Å²) in [5.74, 6) is 0.0303. The van der Waals surface area contributed by atoms with Crippen LogP contribution < -0.4 is 10.2 Å². The third-order valence-electron chi connectivity index (χ3n) is 5.21. The van der Waals surface area contributed by atoms with Crippen LogP contribution in [0.4, 0.5) is 11.4 Å². The molecule has 2 saturated heterocycles. The molecule has 2 aliphatic rings. The summed E-state index contributed by atoms with van der Waals surface area (Å²) in [6.45, 7) is 4.95. The molecule has 28 heavy (non-hydrogen) atoms. The van der Waals surface area contributed by atoms with Gasteiger partial charge in [-0.3, -0.25) is 14.5 Å². The molecule has 1 N–H and O–H groups in total. The molecular formula is C22H25N3O3. The van der Waals surface area contributed by atoms with E-state index in [9.17, 15) is 9.59 Å². The van der Waals surface area contributed by atoms with Crippen LogP contribution in [0, 0.1) is 0 Å². The Morgan fingerprint density at radius 1 is 1.04 bits per heavy atom. The van der Waals surface area contributed by atoms with Crippen LogP contribution in [-0.4, -0.2) is 49.6 Å². The molecule has 2 heterocycles. The fourth-order valence-corrected chi connectivity index (χ4v) is 3.68. The standard InChI is InChI=1S/C22H25N3O3/c26-21-5-2-10-25(21)20-8-6-19(7-9-20)23-22(27)18-4-1-3-17(15-18)16-24-11-13-28-14-12-24/h1,3-4,6-9,15H,2,5,10-14,16H2,(H,23,27). The Balaban J connectivity index is 1.39. The number of benzene rings is 2. The summed E-state index contributed by atoms with van der Waals surface area (Å²) in [6.07, 6.45) is 1.51. The largest absolute Gasteiger partial charge is 0.379 e. The number of rotatable bonds is 5. The molecule has 146 valence electrons. The van der Waals surface area contributed by atoms with E-state index in [1.165, 1.54) is 0 Å². The molecule has 2 fully saturated rings. The lowest BCUT2D eigenvalue weighted by Gasteiger charge is -2.26. The summed E-state index contributed by atoms with van der Waals surface area (Å²) in [6, 6.07) is 15.2. The van der Waals surface area contributed by atoms with E-state index in [4.69, 9.17) is 4.74 Å². The van der Waals surface area contributed by atoms with Crippen molar-refractivity contribution in [2.45, 2.75) is 19.4 Å². The quantitative estimate of drug-likeness (QED) is 0.868. The van der Waals surface area contributed by atoms with Crippen LogP contribution in [0.15, 0.2) is 48.5 Å². The monoisotopic (exact) mass is 379 g/mol. The Bertz CT molecular complexity index is 844. The molecule has 0 radical (unpaired) electrons. The van der Waals surface area contributed by atoms with Crippen LogP contribution in [0.1, 0.15) is 28.8 Å². The molecule has 0 saturated carbocycles. The maximum absolute atomic E-state index is 12.6. The van der Waals surface area contributed by atoms with E-state index in [0.717, 1.165) is 62.8 Å². The highest BCUT2D eigenvalue weighted by Crippen LogP contribution is 2.23. The molecule has 2 aromatic rings. The Morgan fingerprint density at radius 3 is 2.54 bits per heavy atom. The van der Waals surface area contributed by atoms with Crippen molar-refractivity contribution < 1.29 is 14.3 Å². The molecule has 0 unspecified atom stereocenters. The molecule has 2 aromatic carbocycles. The predicted octanol–water partition coefficient (Wildman–Crippen LogP) is 2.90. The molecule has 2 amide bonds. The van der Waals surface area contributed by atoms with E-state index >= 15 is 0 Å². The van der Waals surface area contributed by atoms with Gasteiger partial charge in [-0.15, -0.1) is 0 Å². The molecule has 2 aliphatic heterocycles. The van der Waals surface area contributed by atoms with Crippen molar-refractivity contribution in [3.05, 3.63) is 59.7 Å². The van der Waals surface area contributed by atoms with E-state index in [2.05, 4.69) is 10.2 Å². The highest BCUT2D eigenvalue weighted by atomic mass is 16.5. The second-order valence-corrected chi connectivity index (χ2v) is 7.24. The molecule has 0 aromatic heterocycles. The lowest BCUT2D eigenvalue weighted by molar-refractivity contribution is -0.117. The fourth-order valence-electron chi connectivity index (χ4n) is 3.68. The predicted molar refractivity (Wildman–Crippen MR) is 109 cm³/mol. The number of carbonyl (C=O) groups excluding carboxylic acids is 2. The average molecular weight is 379 g/mol. The zero-order chi connectivity index (χ0) is 19.3. The van der Waals surface area contributed by atoms with Gasteiger partial charge in [0.25, 0.3) is 5.91 Å². The van der Waals surface area contributed by atoms with Gasteiger partial charge in [-0.2, -0.15) is 0 Å². The van der Waals surface area contributed by atoms with Crippen molar-refractivity contribution in [1.29, 1.82) is 0 Å². The first-order valence-electron chi connectivity index (χ1n) is 9.80. The Kier molecular flexibility index (Phi) is 5.69. The van der Waals surface area contributed by atoms with Gasteiger partial charge in [-0.25, -0.2) is 0 Å². The van der Waals surface area contributed by atoms with E-state index in [1.807, 2.05) is 48.5 Å². The van der Waals surface area contributed by atoms with E-state index in [1.54, 1.807) is 4.90 Å². The summed E-state index contributed by atoms with van der Waals surface area (Å²) in [4.78, 5) is 28.6. The minimum Gasteiger partial charge on any atom is -0.379 e. The Hall–Kier alpha value is -2.70. The number of hydrogen-bond donors (Lipinski definition) is 1. The number of hydrogen-bond acceptors (Lipinski definition) is 4. The lowest BCUT2D eigenvalue weighted by Crippen LogP contribution is -2.35. The summed E-state index contributed by atoms with van der Waals surface area (Å²) in [5, 5.41) is 2.94. The number of morpholine rings is 1. The van der Waals surface area contributed by atoms with Crippen molar-refractivity contribution >= 4 is 23.2 Å². The molecule has 0 bridgehead atoms. The van der Waals surface area contributed by atoms with Gasteiger partial charge in [-0.05, 0) is 48.4 Å². The van der Waals surface area contributed by atoms with E-state index < -0.39 is 0 Å². The molecule has 0 aliphatic carbocycles. The van der Waals surface area contributed by atoms with Crippen LogP contribution in [0.2, 0.25) is 0 Å². The van der Waals surface area contributed by atoms with Crippen LogP contribution in [0.5, 0.6) is 0 Å². The maximum atomic E-state index is 12.6. The van der Waals surface area contributed by atoms with Gasteiger partial charge in [0.2, 0.25) is 5.91 Å². The zero-order valence-corrected chi connectivity index (χ0v) is 15.9. The lowest BCUT2D eigenvalue weighted by atomic mass is 10.1. The summed E-state index contributed by atoms with van der Waals surface area (Å²) < 4.78 is 5.39. The molecular weight excluding hydrogens is 354 g/mol. The first kappa shape index (κ1) is 18.7. The van der Waals surface area contributed by atoms with Gasteiger partial charge < -0.3 is 15.0 Å². The van der Waals surface area contributed by atoms with Crippen molar-refractivity contribution in [2.75, 3.05) is 43.1 Å². The molecule has 0 spiro atoms. The normalized spacial score (nSPS) is 17.7. The highest BCUT2D eigenvalue weighted by Gasteiger charge is 2.21. The Morgan fingerprint density at radius 2 is 1.82 bits per heavy atom. The van der Waals surface area contributed by atoms with Gasteiger partial charge in [-0.1, -0.05) is 12.1 Å². The van der Waals surface area contributed by atoms with Gasteiger partial charge in [0.1, 0.15) is 0 Å². The number of carbonyl (C=O) groups is 2. The summed E-state index contributed by atoms with van der Waals surface area (Å²) in [7, 11) is 0. The molecule has 0 atom stereocenters. The van der Waals surface area contributed by atoms with Gasteiger partial charge in [0.15, 0.2) is 0 Å². The fraction of sp³-hybridized carbons (Fsp3) is 0.364. The highest BCUT2D eigenvalue weighted by molar-refractivity contribution is 6.04. The summed E-state index contributed by atoms with van der Waals surface area (Å²) in [5.41, 5.74) is 3.37. The maximum Gasteiger partial charge on any atom is 0.255 e. The number of nitrogens with zero attached hydrogens (tertiary/aromatic N) is 2.